The largest absolute Gasteiger partial charge is 0.451 e. The number of aromatic nitrogens is 3. The van der Waals surface area contributed by atoms with E-state index in [1.807, 2.05) is 4.90 Å². The van der Waals surface area contributed by atoms with Crippen molar-refractivity contribution in [3.63, 3.8) is 0 Å². The molecule has 1 aliphatic heterocycles. The zero-order valence-electron chi connectivity index (χ0n) is 10.7. The van der Waals surface area contributed by atoms with Gasteiger partial charge in [0.05, 0.1) is 22.9 Å². The summed E-state index contributed by atoms with van der Waals surface area (Å²) in [5.41, 5.74) is 7.00. The van der Waals surface area contributed by atoms with Crippen LogP contribution in [0.5, 0.6) is 0 Å². The van der Waals surface area contributed by atoms with Gasteiger partial charge in [-0.05, 0) is 12.1 Å². The maximum Gasteiger partial charge on any atom is 0.451 e. The van der Waals surface area contributed by atoms with Gasteiger partial charge < -0.3 is 15.2 Å². The van der Waals surface area contributed by atoms with E-state index in [0.29, 0.717) is 22.9 Å². The van der Waals surface area contributed by atoms with Crippen LogP contribution in [0.3, 0.4) is 0 Å². The number of hydrogen-bond acceptors (Lipinski definition) is 4. The predicted molar refractivity (Wildman–Crippen MR) is 71.9 cm³/mol. The molecule has 0 radical (unpaired) electrons. The molecule has 0 bridgehead atoms. The Balaban J connectivity index is 1.92. The van der Waals surface area contributed by atoms with Crippen LogP contribution in [0.1, 0.15) is 11.6 Å². The molecule has 5 nitrogen and oxygen atoms in total. The van der Waals surface area contributed by atoms with Crippen LogP contribution < -0.4 is 10.6 Å². The van der Waals surface area contributed by atoms with Crippen LogP contribution in [-0.4, -0.2) is 21.3 Å². The standard InChI is InChI=1S/C12H11ClF3N5/c13-7-2-1-3-8(10(7)17)20-4-5-21-9(6-20)18-19-11(21)12(14,15)16/h1-3H,4-6,17H2. The first kappa shape index (κ1) is 14.0. The van der Waals surface area contributed by atoms with Crippen LogP contribution in [0.4, 0.5) is 24.5 Å². The molecule has 1 aromatic carbocycles. The van der Waals surface area contributed by atoms with Crippen molar-refractivity contribution in [3.05, 3.63) is 34.9 Å². The van der Waals surface area contributed by atoms with Gasteiger partial charge in [-0.3, -0.25) is 0 Å². The number of para-hydroxylation sites is 1. The smallest absolute Gasteiger partial charge is 0.396 e. The Morgan fingerprint density at radius 1 is 1.19 bits per heavy atom. The van der Waals surface area contributed by atoms with E-state index >= 15 is 0 Å². The molecule has 0 spiro atoms. The maximum atomic E-state index is 12.8. The van der Waals surface area contributed by atoms with E-state index in [-0.39, 0.29) is 18.9 Å². The van der Waals surface area contributed by atoms with Gasteiger partial charge in [0, 0.05) is 13.1 Å². The highest BCUT2D eigenvalue weighted by Crippen LogP contribution is 2.34. The van der Waals surface area contributed by atoms with Gasteiger partial charge >= 0.3 is 6.18 Å². The van der Waals surface area contributed by atoms with Gasteiger partial charge in [0.1, 0.15) is 0 Å². The van der Waals surface area contributed by atoms with E-state index < -0.39 is 12.0 Å². The molecule has 0 saturated heterocycles. The summed E-state index contributed by atoms with van der Waals surface area (Å²) in [7, 11) is 0. The van der Waals surface area contributed by atoms with Gasteiger partial charge in [-0.1, -0.05) is 17.7 Å². The molecule has 2 heterocycles. The van der Waals surface area contributed by atoms with E-state index in [9.17, 15) is 13.2 Å². The summed E-state index contributed by atoms with van der Waals surface area (Å²) in [6, 6.07) is 5.18. The molecule has 1 aliphatic rings. The lowest BCUT2D eigenvalue weighted by molar-refractivity contribution is -0.147. The number of fused-ring (bicyclic) bond motifs is 1. The van der Waals surface area contributed by atoms with Gasteiger partial charge in [0.25, 0.3) is 0 Å². The quantitative estimate of drug-likeness (QED) is 0.821. The SMILES string of the molecule is Nc1c(Cl)cccc1N1CCn2c(nnc2C(F)(F)F)C1. The highest BCUT2D eigenvalue weighted by atomic mass is 35.5. The van der Waals surface area contributed by atoms with Crippen LogP contribution in [0, 0.1) is 0 Å². The second-order valence-corrected chi connectivity index (χ2v) is 5.09. The molecular formula is C12H11ClF3N5. The Bertz CT molecular complexity index is 682. The van der Waals surface area contributed by atoms with Gasteiger partial charge in [0.15, 0.2) is 5.82 Å². The number of hydrogen-bond donors (Lipinski definition) is 1. The van der Waals surface area contributed by atoms with E-state index in [4.69, 9.17) is 17.3 Å². The molecule has 2 N–H and O–H groups in total. The molecule has 112 valence electrons. The minimum Gasteiger partial charge on any atom is -0.396 e. The van der Waals surface area contributed by atoms with Crippen molar-refractivity contribution in [1.29, 1.82) is 0 Å². The Morgan fingerprint density at radius 3 is 2.67 bits per heavy atom. The van der Waals surface area contributed by atoms with Crippen LogP contribution in [-0.2, 0) is 19.3 Å². The number of rotatable bonds is 1. The number of nitrogen functional groups attached to an aromatic ring is 1. The lowest BCUT2D eigenvalue weighted by Gasteiger charge is -2.30. The predicted octanol–water partition coefficient (Wildman–Crippen LogP) is 2.55. The van der Waals surface area contributed by atoms with Crippen molar-refractivity contribution in [2.24, 2.45) is 0 Å². The average Bonchev–Trinajstić information content (AvgIpc) is 2.84. The summed E-state index contributed by atoms with van der Waals surface area (Å²) in [4.78, 5) is 1.84. The van der Waals surface area contributed by atoms with E-state index in [1.165, 1.54) is 0 Å². The van der Waals surface area contributed by atoms with Gasteiger partial charge in [-0.2, -0.15) is 13.2 Å². The molecule has 0 atom stereocenters. The second kappa shape index (κ2) is 4.80. The number of benzene rings is 1. The van der Waals surface area contributed by atoms with E-state index in [2.05, 4.69) is 10.2 Å². The molecule has 3 rings (SSSR count). The van der Waals surface area contributed by atoms with Crippen LogP contribution >= 0.6 is 11.6 Å². The van der Waals surface area contributed by atoms with Crippen molar-refractivity contribution in [3.8, 4) is 0 Å². The van der Waals surface area contributed by atoms with Gasteiger partial charge in [-0.25, -0.2) is 0 Å². The summed E-state index contributed by atoms with van der Waals surface area (Å²) in [6.45, 7) is 0.718. The summed E-state index contributed by atoms with van der Waals surface area (Å²) in [5, 5.41) is 7.28. The minimum absolute atomic E-state index is 0.142. The van der Waals surface area contributed by atoms with Crippen LogP contribution in [0.25, 0.3) is 0 Å². The fourth-order valence-electron chi connectivity index (χ4n) is 2.37. The summed E-state index contributed by atoms with van der Waals surface area (Å²) >= 11 is 5.96. The normalized spacial score (nSPS) is 15.1. The third kappa shape index (κ3) is 2.39. The fourth-order valence-corrected chi connectivity index (χ4v) is 2.54. The maximum absolute atomic E-state index is 12.8. The molecule has 0 saturated carbocycles. The number of nitrogens with two attached hydrogens (primary N) is 1. The molecule has 1 aromatic heterocycles. The number of anilines is 2. The minimum atomic E-state index is -4.50. The zero-order chi connectivity index (χ0) is 15.2. The molecule has 21 heavy (non-hydrogen) atoms. The molecule has 0 amide bonds. The third-order valence-electron chi connectivity index (χ3n) is 3.38. The number of alkyl halides is 3. The monoisotopic (exact) mass is 317 g/mol. The van der Waals surface area contributed by atoms with Crippen LogP contribution in [0.15, 0.2) is 18.2 Å². The summed E-state index contributed by atoms with van der Waals surface area (Å²) in [5.74, 6) is -0.704. The second-order valence-electron chi connectivity index (χ2n) is 4.68. The Kier molecular flexibility index (Phi) is 3.20. The molecule has 2 aromatic rings. The van der Waals surface area contributed by atoms with E-state index in [0.717, 1.165) is 4.57 Å². The first-order chi connectivity index (χ1) is 9.88. The zero-order valence-corrected chi connectivity index (χ0v) is 11.5. The Morgan fingerprint density at radius 2 is 1.95 bits per heavy atom. The van der Waals surface area contributed by atoms with Gasteiger partial charge in [-0.15, -0.1) is 10.2 Å². The van der Waals surface area contributed by atoms with E-state index in [1.54, 1.807) is 18.2 Å². The Labute approximate surface area is 123 Å². The third-order valence-corrected chi connectivity index (χ3v) is 3.71. The Hall–Kier alpha value is -1.96. The summed E-state index contributed by atoms with van der Waals surface area (Å²) in [6.07, 6.45) is -4.50. The highest BCUT2D eigenvalue weighted by Gasteiger charge is 2.39. The number of halogens is 4. The lowest BCUT2D eigenvalue weighted by atomic mass is 10.2. The topological polar surface area (TPSA) is 60.0 Å². The first-order valence-corrected chi connectivity index (χ1v) is 6.54. The lowest BCUT2D eigenvalue weighted by Crippen LogP contribution is -2.35. The number of nitrogens with zero attached hydrogens (tertiary/aromatic N) is 4. The van der Waals surface area contributed by atoms with Crippen LogP contribution in [0.2, 0.25) is 5.02 Å². The highest BCUT2D eigenvalue weighted by molar-refractivity contribution is 6.33. The van der Waals surface area contributed by atoms with Crippen molar-refractivity contribution in [2.75, 3.05) is 17.2 Å². The van der Waals surface area contributed by atoms with Gasteiger partial charge in [0.2, 0.25) is 5.82 Å². The molecule has 0 aliphatic carbocycles. The molecular weight excluding hydrogens is 307 g/mol. The summed E-state index contributed by atoms with van der Waals surface area (Å²) < 4.78 is 39.4. The van der Waals surface area contributed by atoms with Crippen molar-refractivity contribution in [2.45, 2.75) is 19.3 Å². The first-order valence-electron chi connectivity index (χ1n) is 6.16. The molecule has 9 heteroatoms. The average molecular weight is 318 g/mol. The molecule has 0 unspecified atom stereocenters. The van der Waals surface area contributed by atoms with Crippen molar-refractivity contribution >= 4 is 23.0 Å². The molecule has 0 fully saturated rings. The fraction of sp³-hybridized carbons (Fsp3) is 0.333. The van der Waals surface area contributed by atoms with Crippen molar-refractivity contribution in [1.82, 2.24) is 14.8 Å². The van der Waals surface area contributed by atoms with Crippen molar-refractivity contribution < 1.29 is 13.2 Å².